The minimum absolute atomic E-state index is 0.103. The Balaban J connectivity index is 2.26. The molecule has 2 aromatic rings. The van der Waals surface area contributed by atoms with Gasteiger partial charge in [-0.15, -0.1) is 0 Å². The molecule has 132 valence electrons. The average molecular weight is 338 g/mol. The number of benzene rings is 2. The molecule has 0 saturated heterocycles. The smallest absolute Gasteiger partial charge is 0.258 e. The summed E-state index contributed by atoms with van der Waals surface area (Å²) in [5, 5.41) is 2.93. The van der Waals surface area contributed by atoms with Gasteiger partial charge in [-0.3, -0.25) is 9.59 Å². The van der Waals surface area contributed by atoms with Crippen molar-refractivity contribution in [2.24, 2.45) is 0 Å². The molecule has 2 aromatic carbocycles. The molecule has 2 rings (SSSR count). The number of hydrogen-bond acceptors (Lipinski definition) is 2. The number of carbonyl (C=O) groups is 2. The maximum atomic E-state index is 12.9. The highest BCUT2D eigenvalue weighted by Crippen LogP contribution is 2.19. The van der Waals surface area contributed by atoms with Crippen molar-refractivity contribution in [3.05, 3.63) is 65.2 Å². The molecule has 0 radical (unpaired) electrons. The Hall–Kier alpha value is -2.62. The molecule has 0 fully saturated rings. The first kappa shape index (κ1) is 18.7. The van der Waals surface area contributed by atoms with E-state index in [-0.39, 0.29) is 17.9 Å². The van der Waals surface area contributed by atoms with Crippen molar-refractivity contribution in [1.29, 1.82) is 0 Å². The van der Waals surface area contributed by atoms with Gasteiger partial charge in [0, 0.05) is 29.4 Å². The SMILES string of the molecule is CCC(C)NC(=O)c1cccc(C(=O)N(CC)c2cccc(C)c2)c1. The number of nitrogens with one attached hydrogen (secondary N) is 1. The van der Waals surface area contributed by atoms with Crippen molar-refractivity contribution in [2.75, 3.05) is 11.4 Å². The van der Waals surface area contributed by atoms with E-state index in [1.165, 1.54) is 0 Å². The van der Waals surface area contributed by atoms with Gasteiger partial charge in [0.15, 0.2) is 0 Å². The Morgan fingerprint density at radius 1 is 1.04 bits per heavy atom. The summed E-state index contributed by atoms with van der Waals surface area (Å²) in [5.74, 6) is -0.256. The lowest BCUT2D eigenvalue weighted by molar-refractivity contribution is 0.0939. The Bertz CT molecular complexity index is 755. The van der Waals surface area contributed by atoms with Crippen LogP contribution in [0.3, 0.4) is 0 Å². The molecule has 0 spiro atoms. The number of amides is 2. The molecule has 0 aliphatic carbocycles. The number of anilines is 1. The summed E-state index contributed by atoms with van der Waals surface area (Å²) in [6.07, 6.45) is 0.862. The van der Waals surface area contributed by atoms with Gasteiger partial charge >= 0.3 is 0 Å². The Kier molecular flexibility index (Phi) is 6.34. The molecular weight excluding hydrogens is 312 g/mol. The molecule has 0 bridgehead atoms. The minimum atomic E-state index is -0.150. The van der Waals surface area contributed by atoms with Gasteiger partial charge in [0.25, 0.3) is 11.8 Å². The Labute approximate surface area is 149 Å². The zero-order valence-corrected chi connectivity index (χ0v) is 15.4. The second kappa shape index (κ2) is 8.47. The first-order valence-electron chi connectivity index (χ1n) is 8.75. The van der Waals surface area contributed by atoms with Crippen molar-refractivity contribution in [1.82, 2.24) is 5.32 Å². The maximum absolute atomic E-state index is 12.9. The molecule has 4 nitrogen and oxygen atoms in total. The molecule has 0 saturated carbocycles. The van der Waals surface area contributed by atoms with Gasteiger partial charge in [-0.05, 0) is 63.1 Å². The van der Waals surface area contributed by atoms with E-state index in [1.54, 1.807) is 29.2 Å². The number of nitrogens with zero attached hydrogens (tertiary/aromatic N) is 1. The summed E-state index contributed by atoms with van der Waals surface area (Å²) in [5.41, 5.74) is 2.99. The predicted octanol–water partition coefficient (Wildman–Crippen LogP) is 4.19. The summed E-state index contributed by atoms with van der Waals surface area (Å²) in [6, 6.07) is 14.9. The molecule has 0 heterocycles. The van der Waals surface area contributed by atoms with E-state index >= 15 is 0 Å². The van der Waals surface area contributed by atoms with Gasteiger partial charge in [0.2, 0.25) is 0 Å². The van der Waals surface area contributed by atoms with E-state index in [2.05, 4.69) is 5.32 Å². The number of rotatable bonds is 6. The summed E-state index contributed by atoms with van der Waals surface area (Å²) in [4.78, 5) is 27.0. The fourth-order valence-electron chi connectivity index (χ4n) is 2.60. The van der Waals surface area contributed by atoms with Crippen LogP contribution in [0, 0.1) is 6.92 Å². The first-order chi connectivity index (χ1) is 12.0. The van der Waals surface area contributed by atoms with Gasteiger partial charge in [0.1, 0.15) is 0 Å². The quantitative estimate of drug-likeness (QED) is 0.858. The van der Waals surface area contributed by atoms with Crippen LogP contribution < -0.4 is 10.2 Å². The Morgan fingerprint density at radius 3 is 2.36 bits per heavy atom. The number of carbonyl (C=O) groups excluding carboxylic acids is 2. The van der Waals surface area contributed by atoms with Gasteiger partial charge in [0.05, 0.1) is 0 Å². The number of hydrogen-bond donors (Lipinski definition) is 1. The standard InChI is InChI=1S/C21H26N2O2/c1-5-16(4)22-20(24)17-10-8-11-18(14-17)21(25)23(6-2)19-12-7-9-15(3)13-19/h7-14,16H,5-6H2,1-4H3,(H,22,24). The van der Waals surface area contributed by atoms with E-state index in [4.69, 9.17) is 0 Å². The predicted molar refractivity (Wildman–Crippen MR) is 102 cm³/mol. The highest BCUT2D eigenvalue weighted by Gasteiger charge is 2.18. The van der Waals surface area contributed by atoms with Crippen LogP contribution in [0.15, 0.2) is 48.5 Å². The van der Waals surface area contributed by atoms with E-state index in [1.807, 2.05) is 52.0 Å². The molecule has 25 heavy (non-hydrogen) atoms. The first-order valence-corrected chi connectivity index (χ1v) is 8.75. The summed E-state index contributed by atoms with van der Waals surface area (Å²) < 4.78 is 0. The second-order valence-corrected chi connectivity index (χ2v) is 6.25. The third-order valence-corrected chi connectivity index (χ3v) is 4.24. The van der Waals surface area contributed by atoms with Crippen LogP contribution in [0.4, 0.5) is 5.69 Å². The molecule has 1 N–H and O–H groups in total. The van der Waals surface area contributed by atoms with Crippen molar-refractivity contribution in [3.63, 3.8) is 0 Å². The molecule has 1 atom stereocenters. The van der Waals surface area contributed by atoms with E-state index in [9.17, 15) is 9.59 Å². The van der Waals surface area contributed by atoms with Crippen molar-refractivity contribution >= 4 is 17.5 Å². The molecule has 1 unspecified atom stereocenters. The lowest BCUT2D eigenvalue weighted by Crippen LogP contribution is -2.33. The lowest BCUT2D eigenvalue weighted by atomic mass is 10.1. The van der Waals surface area contributed by atoms with Gasteiger partial charge in [-0.1, -0.05) is 25.1 Å². The van der Waals surface area contributed by atoms with Crippen LogP contribution in [-0.4, -0.2) is 24.4 Å². The van der Waals surface area contributed by atoms with Crippen LogP contribution in [0.2, 0.25) is 0 Å². The maximum Gasteiger partial charge on any atom is 0.258 e. The van der Waals surface area contributed by atoms with Gasteiger partial charge in [-0.2, -0.15) is 0 Å². The Morgan fingerprint density at radius 2 is 1.72 bits per heavy atom. The zero-order valence-electron chi connectivity index (χ0n) is 15.4. The second-order valence-electron chi connectivity index (χ2n) is 6.25. The highest BCUT2D eigenvalue weighted by atomic mass is 16.2. The number of aryl methyl sites for hydroxylation is 1. The van der Waals surface area contributed by atoms with E-state index in [0.717, 1.165) is 17.7 Å². The molecule has 4 heteroatoms. The summed E-state index contributed by atoms with van der Waals surface area (Å²) in [6.45, 7) is 8.49. The third kappa shape index (κ3) is 4.69. The van der Waals surface area contributed by atoms with Crippen LogP contribution in [-0.2, 0) is 0 Å². The normalized spacial score (nSPS) is 11.7. The van der Waals surface area contributed by atoms with Crippen LogP contribution in [0.25, 0.3) is 0 Å². The fourth-order valence-corrected chi connectivity index (χ4v) is 2.60. The van der Waals surface area contributed by atoms with E-state index < -0.39 is 0 Å². The largest absolute Gasteiger partial charge is 0.350 e. The van der Waals surface area contributed by atoms with Crippen molar-refractivity contribution < 1.29 is 9.59 Å². The summed E-state index contributed by atoms with van der Waals surface area (Å²) >= 11 is 0. The van der Waals surface area contributed by atoms with Gasteiger partial charge < -0.3 is 10.2 Å². The van der Waals surface area contributed by atoms with Crippen LogP contribution in [0.5, 0.6) is 0 Å². The van der Waals surface area contributed by atoms with Crippen molar-refractivity contribution in [2.45, 2.75) is 40.2 Å². The fraction of sp³-hybridized carbons (Fsp3) is 0.333. The molecular formula is C21H26N2O2. The van der Waals surface area contributed by atoms with Crippen molar-refractivity contribution in [3.8, 4) is 0 Å². The average Bonchev–Trinajstić information content (AvgIpc) is 2.62. The minimum Gasteiger partial charge on any atom is -0.350 e. The zero-order chi connectivity index (χ0) is 18.4. The molecule has 0 aliphatic rings. The summed E-state index contributed by atoms with van der Waals surface area (Å²) in [7, 11) is 0. The van der Waals surface area contributed by atoms with Crippen LogP contribution in [0.1, 0.15) is 53.5 Å². The molecule has 0 aromatic heterocycles. The lowest BCUT2D eigenvalue weighted by Gasteiger charge is -2.22. The van der Waals surface area contributed by atoms with E-state index in [0.29, 0.717) is 17.7 Å². The molecule has 0 aliphatic heterocycles. The van der Waals surface area contributed by atoms with Gasteiger partial charge in [-0.25, -0.2) is 0 Å². The topological polar surface area (TPSA) is 49.4 Å². The third-order valence-electron chi connectivity index (χ3n) is 4.24. The monoisotopic (exact) mass is 338 g/mol. The highest BCUT2D eigenvalue weighted by molar-refractivity contribution is 6.07. The van der Waals surface area contributed by atoms with Crippen LogP contribution >= 0.6 is 0 Å². The molecule has 2 amide bonds.